The fraction of sp³-hybridized carbons (Fsp3) is 0.0182. The molecule has 5 heterocycles. The van der Waals surface area contributed by atoms with Crippen molar-refractivity contribution in [3.05, 3.63) is 193 Å². The molecule has 0 amide bonds. The Bertz CT molecular complexity index is 4030. The van der Waals surface area contributed by atoms with E-state index in [1.165, 1.54) is 43.5 Å². The molecular formula is C55H35N5. The number of allylic oxidation sites excluding steroid dienone is 1. The van der Waals surface area contributed by atoms with Gasteiger partial charge in [0.05, 0.1) is 49.7 Å². The molecule has 13 rings (SSSR count). The number of fused-ring (bicyclic) bond motifs is 10. The van der Waals surface area contributed by atoms with Crippen LogP contribution >= 0.6 is 0 Å². The van der Waals surface area contributed by atoms with Gasteiger partial charge in [0, 0.05) is 48.8 Å². The van der Waals surface area contributed by atoms with Gasteiger partial charge in [-0.1, -0.05) is 134 Å². The molecule has 0 aliphatic rings. The van der Waals surface area contributed by atoms with Crippen LogP contribution in [-0.2, 0) is 0 Å². The number of aryl methyl sites for hydroxylation is 1. The number of para-hydroxylation sites is 3. The van der Waals surface area contributed by atoms with Crippen LogP contribution in [-0.4, -0.2) is 23.5 Å². The van der Waals surface area contributed by atoms with Gasteiger partial charge in [-0.15, -0.1) is 0 Å². The Hall–Kier alpha value is -8.02. The van der Waals surface area contributed by atoms with Crippen LogP contribution in [0, 0.1) is 6.92 Å². The Morgan fingerprint density at radius 2 is 1.12 bits per heavy atom. The second kappa shape index (κ2) is 12.2. The lowest BCUT2D eigenvalue weighted by molar-refractivity contribution is 1.08. The standard InChI is InChI=1S/C55H35N5/c1-3-16-39-38-23-13-28-46-50(38)51-47(59-43-25-11-9-20-36(43)33(2)54(39)59)29-15-30-48(51)60(46)55-53(56-42-32-31-34-17-7-8-21-37(34)52(42)57-55)41-24-14-27-45-49(41)40-22-10-12-26-44(40)58(45)35-18-5-4-6-19-35/h3-32H,1H2,2H3/b39-16-. The quantitative estimate of drug-likeness (QED) is 0.167. The Balaban J connectivity index is 1.25. The van der Waals surface area contributed by atoms with E-state index in [0.717, 1.165) is 82.8 Å². The normalized spacial score (nSPS) is 12.6. The van der Waals surface area contributed by atoms with E-state index in [4.69, 9.17) is 9.97 Å². The average Bonchev–Trinajstić information content (AvgIpc) is 3.90. The molecule has 8 aromatic carbocycles. The highest BCUT2D eigenvalue weighted by Gasteiger charge is 2.26. The summed E-state index contributed by atoms with van der Waals surface area (Å²) in [6, 6.07) is 60.9. The molecule has 0 unspecified atom stereocenters. The summed E-state index contributed by atoms with van der Waals surface area (Å²) in [7, 11) is 0. The molecular weight excluding hydrogens is 731 g/mol. The monoisotopic (exact) mass is 765 g/mol. The largest absolute Gasteiger partial charge is 0.309 e. The van der Waals surface area contributed by atoms with Gasteiger partial charge >= 0.3 is 0 Å². The zero-order chi connectivity index (χ0) is 39.6. The van der Waals surface area contributed by atoms with Gasteiger partial charge in [0.2, 0.25) is 0 Å². The van der Waals surface area contributed by atoms with E-state index in [0.29, 0.717) is 0 Å². The lowest BCUT2D eigenvalue weighted by atomic mass is 10.0. The maximum atomic E-state index is 5.79. The Morgan fingerprint density at radius 3 is 1.95 bits per heavy atom. The summed E-state index contributed by atoms with van der Waals surface area (Å²) in [5.41, 5.74) is 13.9. The molecule has 0 aliphatic carbocycles. The molecule has 0 atom stereocenters. The fourth-order valence-electron chi connectivity index (χ4n) is 10.3. The van der Waals surface area contributed by atoms with Crippen LogP contribution in [0.15, 0.2) is 183 Å². The smallest absolute Gasteiger partial charge is 0.165 e. The lowest BCUT2D eigenvalue weighted by Gasteiger charge is -2.16. The van der Waals surface area contributed by atoms with Crippen LogP contribution in [0.5, 0.6) is 0 Å². The Labute approximate surface area is 344 Å². The Kier molecular flexibility index (Phi) is 6.74. The van der Waals surface area contributed by atoms with Gasteiger partial charge in [0.1, 0.15) is 5.69 Å². The van der Waals surface area contributed by atoms with Crippen molar-refractivity contribution < 1.29 is 0 Å². The summed E-state index contributed by atoms with van der Waals surface area (Å²) in [5.74, 6) is 0.792. The van der Waals surface area contributed by atoms with Gasteiger partial charge in [-0.3, -0.25) is 4.57 Å². The predicted molar refractivity (Wildman–Crippen MR) is 252 cm³/mol. The molecule has 0 saturated carbocycles. The van der Waals surface area contributed by atoms with Crippen LogP contribution in [0.1, 0.15) is 5.56 Å². The van der Waals surface area contributed by atoms with Crippen molar-refractivity contribution in [3.8, 4) is 22.8 Å². The first-order valence-electron chi connectivity index (χ1n) is 20.5. The molecule has 0 radical (unpaired) electrons. The first-order chi connectivity index (χ1) is 29.7. The SMILES string of the molecule is C=C/C=c1/c2cccc3c2c2c(cccc2n2c1c(C)c1ccccc12)n3-c1nc2c(ccc3ccccc32)nc1-c1cccc2c1c1ccccc1n2-c1ccccc1. The summed E-state index contributed by atoms with van der Waals surface area (Å²) in [6.45, 7) is 6.46. The van der Waals surface area contributed by atoms with Gasteiger partial charge in [-0.05, 0) is 77.9 Å². The zero-order valence-electron chi connectivity index (χ0n) is 32.8. The molecule has 60 heavy (non-hydrogen) atoms. The van der Waals surface area contributed by atoms with E-state index in [2.05, 4.69) is 203 Å². The van der Waals surface area contributed by atoms with E-state index >= 15 is 0 Å². The van der Waals surface area contributed by atoms with Crippen LogP contribution in [0.2, 0.25) is 0 Å². The highest BCUT2D eigenvalue weighted by molar-refractivity contribution is 6.25. The summed E-state index contributed by atoms with van der Waals surface area (Å²) in [4.78, 5) is 11.5. The van der Waals surface area contributed by atoms with E-state index in [-0.39, 0.29) is 0 Å². The van der Waals surface area contributed by atoms with Crippen LogP contribution < -0.4 is 5.22 Å². The highest BCUT2D eigenvalue weighted by Crippen LogP contribution is 2.44. The molecule has 0 N–H and O–H groups in total. The highest BCUT2D eigenvalue weighted by atomic mass is 15.1. The molecule has 0 bridgehead atoms. The van der Waals surface area contributed by atoms with Crippen LogP contribution in [0.4, 0.5) is 0 Å². The maximum Gasteiger partial charge on any atom is 0.165 e. The van der Waals surface area contributed by atoms with E-state index in [1.54, 1.807) is 0 Å². The van der Waals surface area contributed by atoms with Gasteiger partial charge in [-0.2, -0.15) is 0 Å². The number of nitrogens with zero attached hydrogens (tertiary/aromatic N) is 5. The average molecular weight is 766 g/mol. The van der Waals surface area contributed by atoms with E-state index in [1.807, 2.05) is 6.08 Å². The predicted octanol–water partition coefficient (Wildman–Crippen LogP) is 13.2. The van der Waals surface area contributed by atoms with Crippen molar-refractivity contribution in [2.45, 2.75) is 6.92 Å². The molecule has 0 aliphatic heterocycles. The molecule has 0 saturated heterocycles. The van der Waals surface area contributed by atoms with E-state index in [9.17, 15) is 0 Å². The summed E-state index contributed by atoms with van der Waals surface area (Å²) in [6.07, 6.45) is 4.10. The summed E-state index contributed by atoms with van der Waals surface area (Å²) < 4.78 is 7.21. The van der Waals surface area contributed by atoms with Crippen molar-refractivity contribution in [1.82, 2.24) is 23.5 Å². The maximum absolute atomic E-state index is 5.79. The minimum Gasteiger partial charge on any atom is -0.309 e. The Morgan fingerprint density at radius 1 is 0.483 bits per heavy atom. The topological polar surface area (TPSA) is 40.1 Å². The number of aromatic nitrogens is 5. The van der Waals surface area contributed by atoms with Gasteiger partial charge in [0.25, 0.3) is 0 Å². The van der Waals surface area contributed by atoms with Crippen molar-refractivity contribution in [2.75, 3.05) is 0 Å². The third-order valence-electron chi connectivity index (χ3n) is 12.7. The molecule has 0 fully saturated rings. The molecule has 5 heteroatoms. The zero-order valence-corrected chi connectivity index (χ0v) is 32.8. The van der Waals surface area contributed by atoms with Crippen molar-refractivity contribution in [2.24, 2.45) is 0 Å². The fourth-order valence-corrected chi connectivity index (χ4v) is 10.3. The first kappa shape index (κ1) is 33.0. The van der Waals surface area contributed by atoms with Crippen LogP contribution in [0.3, 0.4) is 0 Å². The minimum absolute atomic E-state index is 0.792. The summed E-state index contributed by atoms with van der Waals surface area (Å²) >= 11 is 0. The molecule has 13 aromatic rings. The van der Waals surface area contributed by atoms with Gasteiger partial charge in [0.15, 0.2) is 5.82 Å². The molecule has 5 aromatic heterocycles. The second-order valence-electron chi connectivity index (χ2n) is 15.8. The summed E-state index contributed by atoms with van der Waals surface area (Å²) in [5, 5.41) is 10.5. The van der Waals surface area contributed by atoms with Crippen LogP contribution in [0.25, 0.3) is 122 Å². The minimum atomic E-state index is 0.792. The molecule has 280 valence electrons. The first-order valence-corrected chi connectivity index (χ1v) is 20.5. The van der Waals surface area contributed by atoms with Crippen molar-refractivity contribution in [3.63, 3.8) is 0 Å². The lowest BCUT2D eigenvalue weighted by Crippen LogP contribution is -2.06. The van der Waals surface area contributed by atoms with Gasteiger partial charge in [-0.25, -0.2) is 9.97 Å². The van der Waals surface area contributed by atoms with Crippen molar-refractivity contribution >= 4 is 98.8 Å². The molecule has 0 spiro atoms. The number of benzene rings is 8. The third kappa shape index (κ3) is 4.30. The number of hydrogen-bond donors (Lipinski definition) is 0. The number of hydrogen-bond acceptors (Lipinski definition) is 2. The number of rotatable bonds is 4. The second-order valence-corrected chi connectivity index (χ2v) is 15.8. The molecule has 5 nitrogen and oxygen atoms in total. The third-order valence-corrected chi connectivity index (χ3v) is 12.7. The van der Waals surface area contributed by atoms with Gasteiger partial charge < -0.3 is 8.97 Å². The van der Waals surface area contributed by atoms with E-state index < -0.39 is 0 Å². The van der Waals surface area contributed by atoms with Crippen molar-refractivity contribution in [1.29, 1.82) is 0 Å².